The van der Waals surface area contributed by atoms with Gasteiger partial charge in [-0.05, 0) is 20.8 Å². The second-order valence-electron chi connectivity index (χ2n) is 8.06. The van der Waals surface area contributed by atoms with Crippen molar-refractivity contribution in [2.75, 3.05) is 0 Å². The van der Waals surface area contributed by atoms with Crippen molar-refractivity contribution in [3.63, 3.8) is 0 Å². The summed E-state index contributed by atoms with van der Waals surface area (Å²) in [6.07, 6.45) is -1.78. The van der Waals surface area contributed by atoms with Crippen molar-refractivity contribution >= 4 is 11.9 Å². The normalized spacial score (nSPS) is 60.7. The number of hydrogen-bond donors (Lipinski definition) is 2. The summed E-state index contributed by atoms with van der Waals surface area (Å²) < 4.78 is 16.5. The maximum absolute atomic E-state index is 12.4. The third-order valence-electron chi connectivity index (χ3n) is 6.85. The fraction of sp³-hybridized carbons (Fsp3) is 0.867. The van der Waals surface area contributed by atoms with Gasteiger partial charge in [-0.2, -0.15) is 0 Å². The van der Waals surface area contributed by atoms with Crippen LogP contribution in [0.25, 0.3) is 0 Å². The number of carbonyl (C=O) groups excluding carboxylic acids is 2. The van der Waals surface area contributed by atoms with Gasteiger partial charge in [0.1, 0.15) is 12.2 Å². The van der Waals surface area contributed by atoms with E-state index in [4.69, 9.17) is 14.2 Å². The molecule has 0 aromatic rings. The Kier molecular flexibility index (Phi) is 1.85. The first-order chi connectivity index (χ1) is 10.1. The maximum atomic E-state index is 12.4. The van der Waals surface area contributed by atoms with Gasteiger partial charge in [-0.3, -0.25) is 4.79 Å². The molecule has 120 valence electrons. The fourth-order valence-electron chi connectivity index (χ4n) is 5.83. The third kappa shape index (κ3) is 0.962. The minimum Gasteiger partial charge on any atom is -0.458 e. The van der Waals surface area contributed by atoms with Gasteiger partial charge in [0, 0.05) is 12.3 Å². The van der Waals surface area contributed by atoms with Crippen molar-refractivity contribution in [1.29, 1.82) is 0 Å². The SMILES string of the molecule is CC(C)(O)[C@@H]1C2OC(=O)C1[C@]1(O)C[C@H]3O[C@]34C(=O)O[C@H]2[C@]14C. The van der Waals surface area contributed by atoms with Gasteiger partial charge in [0.25, 0.3) is 0 Å². The molecule has 2 aliphatic carbocycles. The summed E-state index contributed by atoms with van der Waals surface area (Å²) in [5.41, 5.74) is -4.89. The largest absolute Gasteiger partial charge is 0.458 e. The molecule has 0 amide bonds. The third-order valence-corrected chi connectivity index (χ3v) is 6.85. The second-order valence-corrected chi connectivity index (χ2v) is 8.06. The lowest BCUT2D eigenvalue weighted by Gasteiger charge is -2.53. The number of epoxide rings is 1. The molecule has 2 unspecified atom stereocenters. The Hall–Kier alpha value is -1.18. The zero-order valence-corrected chi connectivity index (χ0v) is 12.5. The van der Waals surface area contributed by atoms with Crippen LogP contribution in [0.4, 0.5) is 0 Å². The number of esters is 2. The van der Waals surface area contributed by atoms with Crippen molar-refractivity contribution in [2.45, 2.75) is 62.3 Å². The summed E-state index contributed by atoms with van der Waals surface area (Å²) in [6.45, 7) is 4.92. The van der Waals surface area contributed by atoms with Crippen LogP contribution in [0.15, 0.2) is 0 Å². The van der Waals surface area contributed by atoms with E-state index in [9.17, 15) is 19.8 Å². The number of carbonyl (C=O) groups is 2. The molecule has 3 aliphatic heterocycles. The first-order valence-corrected chi connectivity index (χ1v) is 7.63. The van der Waals surface area contributed by atoms with E-state index < -0.39 is 64.3 Å². The van der Waals surface area contributed by atoms with Crippen LogP contribution in [-0.2, 0) is 23.8 Å². The molecule has 5 aliphatic rings. The molecular weight excluding hydrogens is 292 g/mol. The fourth-order valence-corrected chi connectivity index (χ4v) is 5.83. The van der Waals surface area contributed by atoms with Crippen LogP contribution < -0.4 is 0 Å². The number of rotatable bonds is 1. The second kappa shape index (κ2) is 3.07. The highest BCUT2D eigenvalue weighted by molar-refractivity contribution is 5.91. The van der Waals surface area contributed by atoms with Gasteiger partial charge in [-0.15, -0.1) is 0 Å². The molecule has 0 aromatic heterocycles. The lowest BCUT2D eigenvalue weighted by molar-refractivity contribution is -0.223. The summed E-state index contributed by atoms with van der Waals surface area (Å²) in [4.78, 5) is 24.8. The van der Waals surface area contributed by atoms with Crippen LogP contribution in [0.1, 0.15) is 27.2 Å². The highest BCUT2D eigenvalue weighted by Gasteiger charge is 2.95. The van der Waals surface area contributed by atoms with Crippen LogP contribution in [0.2, 0.25) is 0 Å². The molecule has 7 nitrogen and oxygen atoms in total. The van der Waals surface area contributed by atoms with E-state index in [1.807, 2.05) is 0 Å². The Morgan fingerprint density at radius 1 is 1.27 bits per heavy atom. The smallest absolute Gasteiger partial charge is 0.342 e. The minimum absolute atomic E-state index is 0.189. The van der Waals surface area contributed by atoms with E-state index >= 15 is 0 Å². The Balaban J connectivity index is 1.76. The highest BCUT2D eigenvalue weighted by atomic mass is 16.7. The predicted molar refractivity (Wildman–Crippen MR) is 68.3 cm³/mol. The molecule has 2 N–H and O–H groups in total. The summed E-state index contributed by atoms with van der Waals surface area (Å²) in [5, 5.41) is 21.9. The summed E-state index contributed by atoms with van der Waals surface area (Å²) >= 11 is 0. The zero-order chi connectivity index (χ0) is 15.9. The van der Waals surface area contributed by atoms with Gasteiger partial charge in [0.05, 0.1) is 22.5 Å². The van der Waals surface area contributed by atoms with E-state index in [1.165, 1.54) is 0 Å². The van der Waals surface area contributed by atoms with Gasteiger partial charge in [-0.25, -0.2) is 4.79 Å². The lowest BCUT2D eigenvalue weighted by Crippen LogP contribution is -2.68. The first kappa shape index (κ1) is 13.3. The molecule has 0 radical (unpaired) electrons. The molecule has 5 rings (SSSR count). The highest BCUT2D eigenvalue weighted by Crippen LogP contribution is 2.77. The van der Waals surface area contributed by atoms with Crippen LogP contribution in [-0.4, -0.2) is 57.3 Å². The Morgan fingerprint density at radius 3 is 2.59 bits per heavy atom. The van der Waals surface area contributed by atoms with E-state index in [2.05, 4.69) is 0 Å². The quantitative estimate of drug-likeness (QED) is 0.479. The molecule has 2 bridgehead atoms. The van der Waals surface area contributed by atoms with Gasteiger partial charge in [0.15, 0.2) is 6.10 Å². The first-order valence-electron chi connectivity index (χ1n) is 7.63. The van der Waals surface area contributed by atoms with Crippen LogP contribution in [0.5, 0.6) is 0 Å². The number of ether oxygens (including phenoxy) is 3. The summed E-state index contributed by atoms with van der Waals surface area (Å²) in [5.74, 6) is -2.51. The summed E-state index contributed by atoms with van der Waals surface area (Å²) in [7, 11) is 0. The van der Waals surface area contributed by atoms with Gasteiger partial charge in [0.2, 0.25) is 5.60 Å². The topological polar surface area (TPSA) is 106 Å². The van der Waals surface area contributed by atoms with Crippen molar-refractivity contribution < 1.29 is 34.0 Å². The van der Waals surface area contributed by atoms with Crippen molar-refractivity contribution in [3.8, 4) is 0 Å². The Morgan fingerprint density at radius 2 is 1.95 bits per heavy atom. The number of hydrogen-bond acceptors (Lipinski definition) is 7. The molecule has 3 heterocycles. The summed E-state index contributed by atoms with van der Waals surface area (Å²) in [6, 6.07) is 0. The van der Waals surface area contributed by atoms with Gasteiger partial charge < -0.3 is 24.4 Å². The monoisotopic (exact) mass is 310 g/mol. The number of fused-ring (bicyclic) bond motifs is 4. The average molecular weight is 310 g/mol. The Labute approximate surface area is 126 Å². The van der Waals surface area contributed by atoms with Crippen LogP contribution in [0.3, 0.4) is 0 Å². The van der Waals surface area contributed by atoms with Crippen molar-refractivity contribution in [3.05, 3.63) is 0 Å². The molecule has 7 heteroatoms. The van der Waals surface area contributed by atoms with Crippen LogP contribution >= 0.6 is 0 Å². The van der Waals surface area contributed by atoms with Gasteiger partial charge >= 0.3 is 11.9 Å². The molecule has 1 spiro atoms. The van der Waals surface area contributed by atoms with Gasteiger partial charge in [-0.1, -0.05) is 0 Å². The standard InChI is InChI=1S/C15H18O7/c1-12(2,18)6-7-10(16)20-8(6)9-13(3)14(7,19)4-5-15(13,22-5)11(17)21-9/h5-9,18-19H,4H2,1-3H3/t5-,6+,7?,8?,9-,13-,14-,15+/m1/s1. The van der Waals surface area contributed by atoms with E-state index in [0.29, 0.717) is 0 Å². The molecule has 8 atom stereocenters. The molecule has 5 fully saturated rings. The van der Waals surface area contributed by atoms with Crippen molar-refractivity contribution in [2.24, 2.45) is 17.3 Å². The van der Waals surface area contributed by atoms with E-state index in [1.54, 1.807) is 20.8 Å². The molecule has 3 saturated heterocycles. The lowest BCUT2D eigenvalue weighted by atomic mass is 9.52. The zero-order valence-electron chi connectivity index (χ0n) is 12.5. The maximum Gasteiger partial charge on any atom is 0.342 e. The Bertz CT molecular complexity index is 638. The predicted octanol–water partition coefficient (Wildman–Crippen LogP) is -0.867. The van der Waals surface area contributed by atoms with Crippen LogP contribution in [0, 0.1) is 17.3 Å². The molecule has 0 aromatic carbocycles. The average Bonchev–Trinajstić information content (AvgIpc) is 2.85. The molecule has 22 heavy (non-hydrogen) atoms. The van der Waals surface area contributed by atoms with Crippen molar-refractivity contribution in [1.82, 2.24) is 0 Å². The van der Waals surface area contributed by atoms with E-state index in [0.717, 1.165) is 0 Å². The van der Waals surface area contributed by atoms with E-state index in [-0.39, 0.29) is 6.42 Å². The minimum atomic E-state index is -1.47. The molecule has 2 saturated carbocycles. The molecular formula is C15H18O7. The number of aliphatic hydroxyl groups is 2.